The van der Waals surface area contributed by atoms with Crippen LogP contribution in [-0.2, 0) is 22.7 Å². The first-order valence-electron chi connectivity index (χ1n) is 9.01. The summed E-state index contributed by atoms with van der Waals surface area (Å²) in [5.74, 6) is -0.446. The molecule has 0 atom stereocenters. The van der Waals surface area contributed by atoms with Gasteiger partial charge in [0.05, 0.1) is 0 Å². The third-order valence-electron chi connectivity index (χ3n) is 4.21. The molecule has 0 fully saturated rings. The molecular weight excluding hydrogens is 376 g/mol. The minimum atomic E-state index is -0.674. The number of carbonyl (C=O) groups excluding carboxylic acids is 2. The van der Waals surface area contributed by atoms with Gasteiger partial charge in [0.15, 0.2) is 0 Å². The van der Waals surface area contributed by atoms with E-state index in [9.17, 15) is 9.59 Å². The molecule has 0 saturated heterocycles. The fourth-order valence-corrected chi connectivity index (χ4v) is 2.97. The summed E-state index contributed by atoms with van der Waals surface area (Å²) in [7, 11) is 0. The lowest BCUT2D eigenvalue weighted by Gasteiger charge is -2.09. The number of hydrogen-bond acceptors (Lipinski definition) is 3. The highest BCUT2D eigenvalue weighted by Gasteiger charge is 2.13. The molecule has 2 aromatic carbocycles. The predicted molar refractivity (Wildman–Crippen MR) is 109 cm³/mol. The number of rotatable bonds is 7. The minimum absolute atomic E-state index is 0.210. The minimum Gasteiger partial charge on any atom is -0.348 e. The molecule has 0 saturated carbocycles. The van der Waals surface area contributed by atoms with Crippen molar-refractivity contribution in [1.29, 1.82) is 0 Å². The molecule has 2 N–H and O–H groups in total. The maximum Gasteiger partial charge on any atom is 0.309 e. The average Bonchev–Trinajstić information content (AvgIpc) is 3.19. The van der Waals surface area contributed by atoms with Crippen LogP contribution >= 0.6 is 11.6 Å². The van der Waals surface area contributed by atoms with Crippen LogP contribution in [0.5, 0.6) is 0 Å². The van der Waals surface area contributed by atoms with E-state index in [4.69, 9.17) is 11.6 Å². The molecule has 0 spiro atoms. The van der Waals surface area contributed by atoms with Gasteiger partial charge in [-0.1, -0.05) is 60.1 Å². The fourth-order valence-electron chi connectivity index (χ4n) is 2.77. The molecule has 1 aromatic heterocycles. The number of benzene rings is 2. The zero-order valence-corrected chi connectivity index (χ0v) is 16.0. The number of aryl methyl sites for hydroxylation is 1. The van der Waals surface area contributed by atoms with Gasteiger partial charge in [-0.05, 0) is 18.1 Å². The smallest absolute Gasteiger partial charge is 0.309 e. The van der Waals surface area contributed by atoms with Gasteiger partial charge in [0.2, 0.25) is 0 Å². The Hall–Kier alpha value is -3.12. The largest absolute Gasteiger partial charge is 0.348 e. The van der Waals surface area contributed by atoms with Crippen molar-refractivity contribution in [3.05, 3.63) is 77.6 Å². The van der Waals surface area contributed by atoms with E-state index in [-0.39, 0.29) is 6.54 Å². The van der Waals surface area contributed by atoms with Gasteiger partial charge in [0.1, 0.15) is 5.82 Å². The van der Waals surface area contributed by atoms with Gasteiger partial charge in [-0.2, -0.15) is 0 Å². The van der Waals surface area contributed by atoms with E-state index < -0.39 is 11.8 Å². The first-order valence-corrected chi connectivity index (χ1v) is 9.39. The molecule has 144 valence electrons. The lowest BCUT2D eigenvalue weighted by Crippen LogP contribution is -2.40. The molecule has 28 heavy (non-hydrogen) atoms. The Balaban J connectivity index is 1.42. The summed E-state index contributed by atoms with van der Waals surface area (Å²) in [5.41, 5.74) is 1.80. The van der Waals surface area contributed by atoms with E-state index in [0.717, 1.165) is 17.0 Å². The van der Waals surface area contributed by atoms with Gasteiger partial charge in [0, 0.05) is 42.6 Å². The molecule has 0 aliphatic carbocycles. The van der Waals surface area contributed by atoms with Crippen LogP contribution in [0.3, 0.4) is 0 Å². The Labute approximate surface area is 168 Å². The van der Waals surface area contributed by atoms with Crippen LogP contribution in [0.25, 0.3) is 11.4 Å². The number of nitrogens with zero attached hydrogens (tertiary/aromatic N) is 2. The van der Waals surface area contributed by atoms with E-state index >= 15 is 0 Å². The van der Waals surface area contributed by atoms with Crippen LogP contribution in [0, 0.1) is 0 Å². The summed E-state index contributed by atoms with van der Waals surface area (Å²) in [6.45, 7) is 1.29. The highest BCUT2D eigenvalue weighted by atomic mass is 35.5. The number of hydrogen-bond donors (Lipinski definition) is 2. The van der Waals surface area contributed by atoms with Crippen molar-refractivity contribution >= 4 is 23.4 Å². The van der Waals surface area contributed by atoms with E-state index in [2.05, 4.69) is 15.6 Å². The van der Waals surface area contributed by atoms with E-state index in [1.807, 2.05) is 53.2 Å². The van der Waals surface area contributed by atoms with Crippen LogP contribution in [-0.4, -0.2) is 27.9 Å². The molecule has 1 heterocycles. The maximum absolute atomic E-state index is 11.9. The molecule has 0 aliphatic heterocycles. The number of amides is 2. The second-order valence-corrected chi connectivity index (χ2v) is 6.60. The average molecular weight is 397 g/mol. The van der Waals surface area contributed by atoms with Crippen molar-refractivity contribution in [3.8, 4) is 11.4 Å². The number of halogens is 1. The van der Waals surface area contributed by atoms with Crippen molar-refractivity contribution in [1.82, 2.24) is 20.2 Å². The zero-order chi connectivity index (χ0) is 19.8. The van der Waals surface area contributed by atoms with Crippen molar-refractivity contribution in [2.75, 3.05) is 6.54 Å². The van der Waals surface area contributed by atoms with Crippen LogP contribution in [0.2, 0.25) is 5.02 Å². The van der Waals surface area contributed by atoms with Gasteiger partial charge < -0.3 is 15.2 Å². The normalized spacial score (nSPS) is 10.5. The summed E-state index contributed by atoms with van der Waals surface area (Å²) in [4.78, 5) is 28.2. The van der Waals surface area contributed by atoms with Gasteiger partial charge in [-0.25, -0.2) is 4.98 Å². The van der Waals surface area contributed by atoms with E-state index in [1.54, 1.807) is 18.3 Å². The third-order valence-corrected chi connectivity index (χ3v) is 4.58. The number of carbonyl (C=O) groups is 2. The lowest BCUT2D eigenvalue weighted by atomic mass is 10.2. The number of aromatic nitrogens is 2. The highest BCUT2D eigenvalue weighted by Crippen LogP contribution is 2.17. The highest BCUT2D eigenvalue weighted by molar-refractivity contribution is 6.35. The molecule has 0 unspecified atom stereocenters. The first kappa shape index (κ1) is 19.6. The van der Waals surface area contributed by atoms with Crippen molar-refractivity contribution < 1.29 is 9.59 Å². The molecule has 3 aromatic rings. The molecule has 0 aliphatic rings. The summed E-state index contributed by atoms with van der Waals surface area (Å²) in [6.07, 6.45) is 4.34. The zero-order valence-electron chi connectivity index (χ0n) is 15.3. The van der Waals surface area contributed by atoms with Crippen LogP contribution < -0.4 is 10.6 Å². The second kappa shape index (κ2) is 9.71. The van der Waals surface area contributed by atoms with Crippen LogP contribution in [0.1, 0.15) is 12.0 Å². The molecule has 6 nitrogen and oxygen atoms in total. The fraction of sp³-hybridized carbons (Fsp3) is 0.190. The predicted octanol–water partition coefficient (Wildman–Crippen LogP) is 3.03. The molecule has 7 heteroatoms. The van der Waals surface area contributed by atoms with Crippen molar-refractivity contribution in [2.45, 2.75) is 19.5 Å². The van der Waals surface area contributed by atoms with Crippen LogP contribution in [0.4, 0.5) is 0 Å². The van der Waals surface area contributed by atoms with E-state index in [0.29, 0.717) is 24.5 Å². The summed E-state index contributed by atoms with van der Waals surface area (Å²) in [6, 6.07) is 17.1. The first-order chi connectivity index (χ1) is 13.6. The SMILES string of the molecule is O=C(NCCCn1ccnc1-c1ccccc1)C(=O)NCc1ccccc1Cl. The van der Waals surface area contributed by atoms with Gasteiger partial charge in [0.25, 0.3) is 0 Å². The second-order valence-electron chi connectivity index (χ2n) is 6.19. The Kier molecular flexibility index (Phi) is 6.81. The molecule has 2 amide bonds. The Morgan fingerprint density at radius 1 is 0.964 bits per heavy atom. The third kappa shape index (κ3) is 5.20. The standard InChI is InChI=1S/C21H21ClN4O2/c22-18-10-5-4-9-17(18)15-25-21(28)20(27)24-11-6-13-26-14-12-23-19(26)16-7-2-1-3-8-16/h1-5,7-10,12,14H,6,11,13,15H2,(H,24,27)(H,25,28). The van der Waals surface area contributed by atoms with Gasteiger partial charge in [-0.15, -0.1) is 0 Å². The molecule has 0 bridgehead atoms. The summed E-state index contributed by atoms with van der Waals surface area (Å²) < 4.78 is 2.03. The van der Waals surface area contributed by atoms with Crippen LogP contribution in [0.15, 0.2) is 67.0 Å². The van der Waals surface area contributed by atoms with E-state index in [1.165, 1.54) is 0 Å². The Bertz CT molecular complexity index is 940. The van der Waals surface area contributed by atoms with Gasteiger partial charge in [-0.3, -0.25) is 9.59 Å². The molecule has 3 rings (SSSR count). The Morgan fingerprint density at radius 3 is 2.46 bits per heavy atom. The van der Waals surface area contributed by atoms with Gasteiger partial charge >= 0.3 is 11.8 Å². The maximum atomic E-state index is 11.9. The topological polar surface area (TPSA) is 76.0 Å². The summed E-state index contributed by atoms with van der Waals surface area (Å²) >= 11 is 6.04. The lowest BCUT2D eigenvalue weighted by molar-refractivity contribution is -0.139. The monoisotopic (exact) mass is 396 g/mol. The number of nitrogens with one attached hydrogen (secondary N) is 2. The number of imidazole rings is 1. The summed E-state index contributed by atoms with van der Waals surface area (Å²) in [5, 5.41) is 5.76. The van der Waals surface area contributed by atoms with Crippen molar-refractivity contribution in [3.63, 3.8) is 0 Å². The molecule has 0 radical (unpaired) electrons. The van der Waals surface area contributed by atoms with Crippen molar-refractivity contribution in [2.24, 2.45) is 0 Å². The molecular formula is C21H21ClN4O2. The quantitative estimate of drug-likeness (QED) is 0.476. The Morgan fingerprint density at radius 2 is 1.68 bits per heavy atom.